The van der Waals surface area contributed by atoms with Gasteiger partial charge in [0.25, 0.3) is 0 Å². The van der Waals surface area contributed by atoms with Crippen LogP contribution in [0.15, 0.2) is 42.5 Å². The maximum Gasteiger partial charge on any atom is 0.122 e. The molecule has 1 N–H and O–H groups in total. The Hall–Kier alpha value is -1.80. The van der Waals surface area contributed by atoms with Gasteiger partial charge in [-0.2, -0.15) is 0 Å². The maximum atomic E-state index is 5.49. The van der Waals surface area contributed by atoms with E-state index in [9.17, 15) is 0 Å². The molecule has 116 valence electrons. The molecule has 2 heteroatoms. The van der Waals surface area contributed by atoms with Gasteiger partial charge in [-0.25, -0.2) is 0 Å². The highest BCUT2D eigenvalue weighted by atomic mass is 16.5. The van der Waals surface area contributed by atoms with Gasteiger partial charge in [0.05, 0.1) is 7.11 Å². The molecule has 0 bridgehead atoms. The Morgan fingerprint density at radius 3 is 2.64 bits per heavy atom. The Morgan fingerprint density at radius 1 is 1.14 bits per heavy atom. The summed E-state index contributed by atoms with van der Waals surface area (Å²) < 4.78 is 5.49. The summed E-state index contributed by atoms with van der Waals surface area (Å²) in [4.78, 5) is 0. The van der Waals surface area contributed by atoms with Gasteiger partial charge in [0, 0.05) is 12.1 Å². The molecule has 1 aliphatic carbocycles. The monoisotopic (exact) mass is 295 g/mol. The summed E-state index contributed by atoms with van der Waals surface area (Å²) in [5.41, 5.74) is 5.50. The van der Waals surface area contributed by atoms with E-state index in [1.165, 1.54) is 28.7 Å². The molecule has 2 aromatic rings. The van der Waals surface area contributed by atoms with Crippen LogP contribution in [0.2, 0.25) is 0 Å². The minimum atomic E-state index is 0.387. The molecule has 0 spiro atoms. The smallest absolute Gasteiger partial charge is 0.122 e. The number of methoxy groups -OCH3 is 1. The van der Waals surface area contributed by atoms with Gasteiger partial charge in [0.2, 0.25) is 0 Å². The number of ether oxygens (including phenoxy) is 1. The van der Waals surface area contributed by atoms with Gasteiger partial charge >= 0.3 is 0 Å². The van der Waals surface area contributed by atoms with E-state index in [1.807, 2.05) is 0 Å². The molecule has 2 atom stereocenters. The zero-order valence-corrected chi connectivity index (χ0v) is 13.7. The summed E-state index contributed by atoms with van der Waals surface area (Å²) in [6.07, 6.45) is 3.35. The van der Waals surface area contributed by atoms with Crippen molar-refractivity contribution >= 4 is 0 Å². The van der Waals surface area contributed by atoms with Crippen LogP contribution in [0, 0.1) is 6.92 Å². The number of rotatable bonds is 4. The lowest BCUT2D eigenvalue weighted by Crippen LogP contribution is -2.36. The summed E-state index contributed by atoms with van der Waals surface area (Å²) in [7, 11) is 1.76. The standard InChI is InChI=1S/C20H25NO/c1-14-7-9-16(10-8-14)15(2)21-18-11-12-19-17(13-18)5-4-6-20(19)22-3/h4-10,15,18,21H,11-13H2,1-3H3/t15-,18+/m1/s1. The fourth-order valence-electron chi connectivity index (χ4n) is 3.41. The molecule has 0 aliphatic heterocycles. The molecule has 0 amide bonds. The van der Waals surface area contributed by atoms with Crippen molar-refractivity contribution < 1.29 is 4.74 Å². The van der Waals surface area contributed by atoms with Gasteiger partial charge in [0.15, 0.2) is 0 Å². The van der Waals surface area contributed by atoms with Crippen LogP contribution in [0.3, 0.4) is 0 Å². The average molecular weight is 295 g/mol. The predicted octanol–water partition coefficient (Wildman–Crippen LogP) is 4.21. The predicted molar refractivity (Wildman–Crippen MR) is 91.5 cm³/mol. The Kier molecular flexibility index (Phi) is 4.49. The van der Waals surface area contributed by atoms with Crippen LogP contribution in [0.1, 0.15) is 41.6 Å². The van der Waals surface area contributed by atoms with Crippen molar-refractivity contribution in [3.8, 4) is 5.75 Å². The van der Waals surface area contributed by atoms with E-state index in [0.29, 0.717) is 12.1 Å². The number of hydrogen-bond donors (Lipinski definition) is 1. The fourth-order valence-corrected chi connectivity index (χ4v) is 3.41. The zero-order valence-electron chi connectivity index (χ0n) is 13.7. The van der Waals surface area contributed by atoms with Gasteiger partial charge in [-0.05, 0) is 55.9 Å². The lowest BCUT2D eigenvalue weighted by molar-refractivity contribution is 0.386. The van der Waals surface area contributed by atoms with Crippen LogP contribution in [0.25, 0.3) is 0 Å². The van der Waals surface area contributed by atoms with Crippen molar-refractivity contribution in [3.05, 3.63) is 64.7 Å². The highest BCUT2D eigenvalue weighted by Crippen LogP contribution is 2.30. The molecule has 22 heavy (non-hydrogen) atoms. The lowest BCUT2D eigenvalue weighted by atomic mass is 9.87. The Labute approximate surface area is 133 Å². The second-order valence-electron chi connectivity index (χ2n) is 6.34. The first kappa shape index (κ1) is 15.1. The SMILES string of the molecule is COc1cccc2c1CC[C@H](N[C@H](C)c1ccc(C)cc1)C2. The lowest BCUT2D eigenvalue weighted by Gasteiger charge is -2.29. The van der Waals surface area contributed by atoms with Crippen molar-refractivity contribution in [1.82, 2.24) is 5.32 Å². The van der Waals surface area contributed by atoms with Gasteiger partial charge in [-0.1, -0.05) is 42.0 Å². The van der Waals surface area contributed by atoms with E-state index in [-0.39, 0.29) is 0 Å². The van der Waals surface area contributed by atoms with Crippen LogP contribution < -0.4 is 10.1 Å². The third kappa shape index (κ3) is 3.17. The molecule has 0 radical (unpaired) electrons. The minimum absolute atomic E-state index is 0.387. The third-order valence-corrected chi connectivity index (χ3v) is 4.72. The van der Waals surface area contributed by atoms with Crippen molar-refractivity contribution in [2.24, 2.45) is 0 Å². The molecular weight excluding hydrogens is 270 g/mol. The van der Waals surface area contributed by atoms with E-state index in [1.54, 1.807) is 7.11 Å². The van der Waals surface area contributed by atoms with E-state index in [0.717, 1.165) is 18.6 Å². The zero-order chi connectivity index (χ0) is 15.5. The fraction of sp³-hybridized carbons (Fsp3) is 0.400. The Morgan fingerprint density at radius 2 is 1.91 bits per heavy atom. The summed E-state index contributed by atoms with van der Waals surface area (Å²) in [5, 5.41) is 3.79. The van der Waals surface area contributed by atoms with Crippen LogP contribution in [0.4, 0.5) is 0 Å². The summed E-state index contributed by atoms with van der Waals surface area (Å²) >= 11 is 0. The summed E-state index contributed by atoms with van der Waals surface area (Å²) in [5.74, 6) is 1.04. The molecule has 0 aromatic heterocycles. The molecule has 1 aliphatic rings. The number of fused-ring (bicyclic) bond motifs is 1. The van der Waals surface area contributed by atoms with Gasteiger partial charge in [-0.3, -0.25) is 0 Å². The largest absolute Gasteiger partial charge is 0.496 e. The second kappa shape index (κ2) is 6.53. The first-order chi connectivity index (χ1) is 10.7. The van der Waals surface area contributed by atoms with Crippen LogP contribution in [0.5, 0.6) is 5.75 Å². The first-order valence-electron chi connectivity index (χ1n) is 8.14. The van der Waals surface area contributed by atoms with Crippen LogP contribution in [-0.4, -0.2) is 13.2 Å². The molecule has 2 aromatic carbocycles. The Bertz CT molecular complexity index is 633. The molecule has 0 saturated heterocycles. The molecular formula is C20H25NO. The van der Waals surface area contributed by atoms with Crippen molar-refractivity contribution in [3.63, 3.8) is 0 Å². The van der Waals surface area contributed by atoms with Crippen molar-refractivity contribution in [1.29, 1.82) is 0 Å². The highest BCUT2D eigenvalue weighted by molar-refractivity contribution is 5.42. The molecule has 0 fully saturated rings. The van der Waals surface area contributed by atoms with E-state index >= 15 is 0 Å². The highest BCUT2D eigenvalue weighted by Gasteiger charge is 2.22. The molecule has 0 saturated carbocycles. The van der Waals surface area contributed by atoms with Crippen molar-refractivity contribution in [2.75, 3.05) is 7.11 Å². The van der Waals surface area contributed by atoms with Gasteiger partial charge < -0.3 is 10.1 Å². The summed E-state index contributed by atoms with van der Waals surface area (Å²) in [6.45, 7) is 4.39. The molecule has 0 unspecified atom stereocenters. The number of nitrogens with one attached hydrogen (secondary N) is 1. The Balaban J connectivity index is 1.68. The topological polar surface area (TPSA) is 21.3 Å². The third-order valence-electron chi connectivity index (χ3n) is 4.72. The number of hydrogen-bond acceptors (Lipinski definition) is 2. The average Bonchev–Trinajstić information content (AvgIpc) is 2.54. The minimum Gasteiger partial charge on any atom is -0.496 e. The molecule has 0 heterocycles. The van der Waals surface area contributed by atoms with Gasteiger partial charge in [-0.15, -0.1) is 0 Å². The van der Waals surface area contributed by atoms with Crippen LogP contribution >= 0.6 is 0 Å². The number of aryl methyl sites for hydroxylation is 1. The molecule has 3 rings (SSSR count). The van der Waals surface area contributed by atoms with Gasteiger partial charge in [0.1, 0.15) is 5.75 Å². The second-order valence-corrected chi connectivity index (χ2v) is 6.34. The molecule has 2 nitrogen and oxygen atoms in total. The quantitative estimate of drug-likeness (QED) is 0.912. The normalized spacial score (nSPS) is 18.6. The summed E-state index contributed by atoms with van der Waals surface area (Å²) in [6, 6.07) is 16.2. The van der Waals surface area contributed by atoms with E-state index in [2.05, 4.69) is 61.6 Å². The van der Waals surface area contributed by atoms with Crippen molar-refractivity contribution in [2.45, 2.75) is 45.2 Å². The maximum absolute atomic E-state index is 5.49. The van der Waals surface area contributed by atoms with Crippen LogP contribution in [-0.2, 0) is 12.8 Å². The van der Waals surface area contributed by atoms with E-state index in [4.69, 9.17) is 4.74 Å². The first-order valence-corrected chi connectivity index (χ1v) is 8.14. The number of benzene rings is 2. The van der Waals surface area contributed by atoms with E-state index < -0.39 is 0 Å².